The van der Waals surface area contributed by atoms with Crippen LogP contribution in [0, 0.1) is 0 Å². The molecule has 19 heavy (non-hydrogen) atoms. The highest BCUT2D eigenvalue weighted by atomic mass is 32.2. The van der Waals surface area contributed by atoms with E-state index in [2.05, 4.69) is 9.44 Å². The Morgan fingerprint density at radius 3 is 2.37 bits per heavy atom. The fraction of sp³-hybridized carbons (Fsp3) is 0.333. The molecule has 10 heteroatoms. The normalized spacial score (nSPS) is 12.2. The van der Waals surface area contributed by atoms with Crippen molar-refractivity contribution in [2.24, 2.45) is 5.14 Å². The summed E-state index contributed by atoms with van der Waals surface area (Å²) in [5.74, 6) is 0.175. The SMILES string of the molecule is CCNS(=O)(=O)Nc1cc(S(N)(=O)=O)ccc1OC. The van der Waals surface area contributed by atoms with Gasteiger partial charge >= 0.3 is 0 Å². The Morgan fingerprint density at radius 1 is 1.26 bits per heavy atom. The van der Waals surface area contributed by atoms with Crippen molar-refractivity contribution >= 4 is 25.9 Å². The lowest BCUT2D eigenvalue weighted by Crippen LogP contribution is -2.30. The number of primary sulfonamides is 1. The highest BCUT2D eigenvalue weighted by Crippen LogP contribution is 2.27. The summed E-state index contributed by atoms with van der Waals surface area (Å²) in [7, 11) is -6.39. The van der Waals surface area contributed by atoms with E-state index in [1.807, 2.05) is 0 Å². The summed E-state index contributed by atoms with van der Waals surface area (Å²) in [6.07, 6.45) is 0. The molecule has 0 radical (unpaired) electrons. The average Bonchev–Trinajstić information content (AvgIpc) is 2.27. The largest absolute Gasteiger partial charge is 0.495 e. The van der Waals surface area contributed by atoms with Gasteiger partial charge in [-0.2, -0.15) is 13.1 Å². The van der Waals surface area contributed by atoms with Gasteiger partial charge in [0.25, 0.3) is 10.2 Å². The van der Waals surface area contributed by atoms with E-state index < -0.39 is 20.2 Å². The molecule has 1 rings (SSSR count). The lowest BCUT2D eigenvalue weighted by atomic mass is 10.3. The second kappa shape index (κ2) is 5.74. The van der Waals surface area contributed by atoms with Gasteiger partial charge in [0.05, 0.1) is 17.7 Å². The van der Waals surface area contributed by atoms with Crippen LogP contribution in [0.3, 0.4) is 0 Å². The van der Waals surface area contributed by atoms with Gasteiger partial charge in [0.2, 0.25) is 10.0 Å². The van der Waals surface area contributed by atoms with Crippen LogP contribution in [0.15, 0.2) is 23.1 Å². The minimum Gasteiger partial charge on any atom is -0.495 e. The molecule has 0 bridgehead atoms. The van der Waals surface area contributed by atoms with E-state index in [-0.39, 0.29) is 22.9 Å². The number of hydrogen-bond acceptors (Lipinski definition) is 5. The molecule has 0 amide bonds. The average molecular weight is 309 g/mol. The lowest BCUT2D eigenvalue weighted by Gasteiger charge is -2.12. The zero-order valence-electron chi connectivity index (χ0n) is 10.4. The molecular weight excluding hydrogens is 294 g/mol. The first-order valence-corrected chi connectivity index (χ1v) is 8.21. The molecule has 0 saturated carbocycles. The van der Waals surface area contributed by atoms with Crippen LogP contribution in [0.4, 0.5) is 5.69 Å². The van der Waals surface area contributed by atoms with Crippen LogP contribution in [0.25, 0.3) is 0 Å². The number of rotatable bonds is 6. The number of methoxy groups -OCH3 is 1. The van der Waals surface area contributed by atoms with Gasteiger partial charge in [-0.25, -0.2) is 13.6 Å². The third-order valence-electron chi connectivity index (χ3n) is 2.08. The van der Waals surface area contributed by atoms with Crippen LogP contribution in [-0.2, 0) is 20.2 Å². The highest BCUT2D eigenvalue weighted by molar-refractivity contribution is 7.90. The molecule has 0 saturated heterocycles. The molecule has 0 fully saturated rings. The third kappa shape index (κ3) is 4.35. The van der Waals surface area contributed by atoms with Gasteiger partial charge in [-0.15, -0.1) is 0 Å². The van der Waals surface area contributed by atoms with E-state index in [0.29, 0.717) is 0 Å². The van der Waals surface area contributed by atoms with E-state index >= 15 is 0 Å². The quantitative estimate of drug-likeness (QED) is 0.659. The molecular formula is C9H15N3O5S2. The first kappa shape index (κ1) is 15.7. The molecule has 1 aromatic rings. The van der Waals surface area contributed by atoms with Crippen molar-refractivity contribution in [1.82, 2.24) is 4.72 Å². The molecule has 0 heterocycles. The second-order valence-corrected chi connectivity index (χ2v) is 6.57. The Morgan fingerprint density at radius 2 is 1.89 bits per heavy atom. The van der Waals surface area contributed by atoms with E-state index in [0.717, 1.165) is 6.07 Å². The minimum atomic E-state index is -3.93. The maximum absolute atomic E-state index is 11.6. The van der Waals surface area contributed by atoms with Crippen LogP contribution in [0.5, 0.6) is 5.75 Å². The Bertz CT molecular complexity index is 654. The maximum atomic E-state index is 11.6. The van der Waals surface area contributed by atoms with Gasteiger partial charge < -0.3 is 4.74 Å². The van der Waals surface area contributed by atoms with Crippen LogP contribution in [-0.4, -0.2) is 30.5 Å². The summed E-state index contributed by atoms with van der Waals surface area (Å²) in [6, 6.07) is 3.62. The minimum absolute atomic E-state index is 0.0185. The first-order valence-electron chi connectivity index (χ1n) is 5.18. The van der Waals surface area contributed by atoms with Crippen molar-refractivity contribution < 1.29 is 21.6 Å². The summed E-state index contributed by atoms with van der Waals surface area (Å²) in [6.45, 7) is 1.80. The van der Waals surface area contributed by atoms with E-state index in [1.54, 1.807) is 6.92 Å². The van der Waals surface area contributed by atoms with Crippen molar-refractivity contribution in [2.45, 2.75) is 11.8 Å². The molecule has 0 aliphatic rings. The summed E-state index contributed by atoms with van der Waals surface area (Å²) < 4.78 is 54.9. The fourth-order valence-electron chi connectivity index (χ4n) is 1.31. The Labute approximate surface area is 112 Å². The topological polar surface area (TPSA) is 128 Å². The zero-order chi connectivity index (χ0) is 14.7. The van der Waals surface area contributed by atoms with Gasteiger partial charge in [0.15, 0.2) is 0 Å². The zero-order valence-corrected chi connectivity index (χ0v) is 12.0. The van der Waals surface area contributed by atoms with Crippen LogP contribution >= 0.6 is 0 Å². The molecule has 0 spiro atoms. The number of anilines is 1. The summed E-state index contributed by atoms with van der Waals surface area (Å²) in [5, 5.41) is 4.98. The van der Waals surface area contributed by atoms with Crippen LogP contribution < -0.4 is 19.3 Å². The van der Waals surface area contributed by atoms with Crippen molar-refractivity contribution in [3.8, 4) is 5.75 Å². The number of sulfonamides is 1. The summed E-state index contributed by atoms with van der Waals surface area (Å²) in [5.41, 5.74) is -0.0185. The lowest BCUT2D eigenvalue weighted by molar-refractivity contribution is 0.416. The van der Waals surface area contributed by atoms with E-state index in [9.17, 15) is 16.8 Å². The first-order chi connectivity index (χ1) is 8.69. The predicted octanol–water partition coefficient (Wildman–Crippen LogP) is -0.391. The monoisotopic (exact) mass is 309 g/mol. The van der Waals surface area contributed by atoms with Gasteiger partial charge in [-0.1, -0.05) is 6.92 Å². The number of benzene rings is 1. The molecule has 4 N–H and O–H groups in total. The van der Waals surface area contributed by atoms with Crippen LogP contribution in [0.1, 0.15) is 6.92 Å². The molecule has 1 aromatic carbocycles. The van der Waals surface area contributed by atoms with E-state index in [4.69, 9.17) is 9.88 Å². The van der Waals surface area contributed by atoms with Gasteiger partial charge in [-0.3, -0.25) is 4.72 Å². The van der Waals surface area contributed by atoms with Gasteiger partial charge in [0.1, 0.15) is 5.75 Å². The third-order valence-corrected chi connectivity index (χ3v) is 4.15. The van der Waals surface area contributed by atoms with Crippen molar-refractivity contribution in [2.75, 3.05) is 18.4 Å². The van der Waals surface area contributed by atoms with Crippen molar-refractivity contribution in [3.05, 3.63) is 18.2 Å². The molecule has 8 nitrogen and oxygen atoms in total. The van der Waals surface area contributed by atoms with Gasteiger partial charge in [-0.05, 0) is 18.2 Å². The smallest absolute Gasteiger partial charge is 0.299 e. The molecule has 0 aliphatic heterocycles. The standard InChI is InChI=1S/C9H15N3O5S2/c1-3-11-19(15,16)12-8-6-7(18(10,13)14)4-5-9(8)17-2/h4-6,11-12H,3H2,1-2H3,(H2,10,13,14). The second-order valence-electron chi connectivity index (χ2n) is 3.51. The van der Waals surface area contributed by atoms with Crippen molar-refractivity contribution in [1.29, 1.82) is 0 Å². The number of nitrogens with one attached hydrogen (secondary N) is 2. The molecule has 0 aliphatic carbocycles. The molecule has 108 valence electrons. The molecule has 0 unspecified atom stereocenters. The number of nitrogens with two attached hydrogens (primary N) is 1. The van der Waals surface area contributed by atoms with Crippen molar-refractivity contribution in [3.63, 3.8) is 0 Å². The number of ether oxygens (including phenoxy) is 1. The van der Waals surface area contributed by atoms with Crippen LogP contribution in [0.2, 0.25) is 0 Å². The Balaban J connectivity index is 3.25. The van der Waals surface area contributed by atoms with Gasteiger partial charge in [0, 0.05) is 6.54 Å². The van der Waals surface area contributed by atoms with E-state index in [1.165, 1.54) is 19.2 Å². The summed E-state index contributed by atoms with van der Waals surface area (Å²) >= 11 is 0. The maximum Gasteiger partial charge on any atom is 0.299 e. The Hall–Kier alpha value is -1.36. The molecule has 0 aromatic heterocycles. The fourth-order valence-corrected chi connectivity index (χ4v) is 2.76. The number of hydrogen-bond donors (Lipinski definition) is 3. The molecule has 0 atom stereocenters. The predicted molar refractivity (Wildman–Crippen MR) is 70.6 cm³/mol. The highest BCUT2D eigenvalue weighted by Gasteiger charge is 2.16. The summed E-state index contributed by atoms with van der Waals surface area (Å²) in [4.78, 5) is -0.220. The Kier molecular flexibility index (Phi) is 4.74.